The van der Waals surface area contributed by atoms with Crippen molar-refractivity contribution in [2.45, 2.75) is 373 Å². The van der Waals surface area contributed by atoms with Gasteiger partial charge in [0.2, 0.25) is 5.91 Å². The van der Waals surface area contributed by atoms with Crippen LogP contribution in [-0.4, -0.2) is 47.4 Å². The van der Waals surface area contributed by atoms with E-state index in [0.29, 0.717) is 19.4 Å². The highest BCUT2D eigenvalue weighted by atomic mass is 16.5. The molecule has 6 heteroatoms. The number of aliphatic hydroxyl groups is 2. The molecule has 0 aromatic carbocycles. The number of amides is 1. The molecule has 0 aliphatic rings. The van der Waals surface area contributed by atoms with Crippen molar-refractivity contribution in [2.75, 3.05) is 13.2 Å². The summed E-state index contributed by atoms with van der Waals surface area (Å²) in [6.45, 7) is 4.93. The average Bonchev–Trinajstić information content (AvgIpc) is 3.36. The van der Waals surface area contributed by atoms with E-state index < -0.39 is 12.1 Å². The van der Waals surface area contributed by atoms with Crippen molar-refractivity contribution in [3.63, 3.8) is 0 Å². The van der Waals surface area contributed by atoms with Crippen LogP contribution in [0.25, 0.3) is 0 Å². The number of aliphatic hydroxyl groups excluding tert-OH is 2. The lowest BCUT2D eigenvalue weighted by Crippen LogP contribution is -2.45. The number of ether oxygens (including phenoxy) is 1. The third kappa shape index (κ3) is 55.9. The summed E-state index contributed by atoms with van der Waals surface area (Å²) in [6, 6.07) is -0.630. The fourth-order valence-corrected chi connectivity index (χ4v) is 10.2. The van der Waals surface area contributed by atoms with Gasteiger partial charge in [-0.2, -0.15) is 0 Å². The van der Waals surface area contributed by atoms with E-state index in [9.17, 15) is 19.8 Å². The Labute approximate surface area is 438 Å². The van der Waals surface area contributed by atoms with Crippen molar-refractivity contribution < 1.29 is 24.5 Å². The number of carbonyl (C=O) groups excluding carboxylic acids is 2. The molecule has 70 heavy (non-hydrogen) atoms. The first-order valence-electron chi connectivity index (χ1n) is 32.0. The van der Waals surface area contributed by atoms with Gasteiger partial charge in [0.15, 0.2) is 0 Å². The number of esters is 1. The first-order valence-corrected chi connectivity index (χ1v) is 32.0. The number of allylic oxidation sites excluding steroid dienone is 1. The fourth-order valence-electron chi connectivity index (χ4n) is 10.2. The lowest BCUT2D eigenvalue weighted by atomic mass is 10.0. The van der Waals surface area contributed by atoms with Crippen LogP contribution in [0.5, 0.6) is 0 Å². The Hall–Kier alpha value is -1.40. The normalized spacial score (nSPS) is 12.6. The molecular weight excluding hydrogens is 863 g/mol. The predicted octanol–water partition coefficient (Wildman–Crippen LogP) is 20.0. The number of rotatable bonds is 60. The molecule has 0 saturated carbocycles. The molecule has 3 N–H and O–H groups in total. The molecule has 0 aromatic heterocycles. The first-order chi connectivity index (χ1) is 34.5. The van der Waals surface area contributed by atoms with Gasteiger partial charge in [-0.25, -0.2) is 0 Å². The minimum atomic E-state index is -0.846. The van der Waals surface area contributed by atoms with Gasteiger partial charge >= 0.3 is 5.97 Å². The van der Waals surface area contributed by atoms with Crippen LogP contribution >= 0.6 is 0 Å². The Balaban J connectivity index is 3.41. The van der Waals surface area contributed by atoms with Gasteiger partial charge in [-0.1, -0.05) is 328 Å². The molecule has 0 radical (unpaired) electrons. The standard InChI is InChI=1S/C64H125NO5/c1-3-5-7-9-11-13-15-17-19-20-22-25-29-32-36-40-44-48-52-56-62(67)61(60-66)65-63(68)57-53-49-45-41-37-33-30-26-23-21-24-27-31-35-39-43-47-51-55-59-70-64(69)58-54-50-46-42-38-34-28-18-16-14-12-10-8-6-4-2/h52,56,61-62,66-67H,3-51,53-55,57-60H2,1-2H3,(H,65,68)/b56-52+. The van der Waals surface area contributed by atoms with Crippen LogP contribution in [0.3, 0.4) is 0 Å². The molecule has 0 saturated heterocycles. The number of hydrogen-bond donors (Lipinski definition) is 3. The highest BCUT2D eigenvalue weighted by molar-refractivity contribution is 5.76. The van der Waals surface area contributed by atoms with Crippen molar-refractivity contribution in [1.82, 2.24) is 5.32 Å². The molecule has 416 valence electrons. The van der Waals surface area contributed by atoms with E-state index in [2.05, 4.69) is 19.2 Å². The van der Waals surface area contributed by atoms with Crippen LogP contribution < -0.4 is 5.32 Å². The summed E-state index contributed by atoms with van der Waals surface area (Å²) >= 11 is 0. The third-order valence-corrected chi connectivity index (χ3v) is 15.1. The summed E-state index contributed by atoms with van der Waals surface area (Å²) in [4.78, 5) is 24.6. The van der Waals surface area contributed by atoms with Gasteiger partial charge in [0.05, 0.1) is 25.4 Å². The highest BCUT2D eigenvalue weighted by Gasteiger charge is 2.18. The summed E-state index contributed by atoms with van der Waals surface area (Å²) in [5.41, 5.74) is 0. The molecule has 1 amide bonds. The Morgan fingerprint density at radius 3 is 0.971 bits per heavy atom. The van der Waals surface area contributed by atoms with Gasteiger partial charge < -0.3 is 20.3 Å². The molecule has 2 atom stereocenters. The lowest BCUT2D eigenvalue weighted by molar-refractivity contribution is -0.143. The summed E-state index contributed by atoms with van der Waals surface area (Å²) < 4.78 is 5.49. The molecule has 0 aromatic rings. The minimum absolute atomic E-state index is 0.0121. The van der Waals surface area contributed by atoms with Crippen LogP contribution in [0.1, 0.15) is 361 Å². The van der Waals surface area contributed by atoms with Crippen molar-refractivity contribution >= 4 is 11.9 Å². The lowest BCUT2D eigenvalue weighted by Gasteiger charge is -2.20. The van der Waals surface area contributed by atoms with E-state index in [1.165, 1.54) is 295 Å². The van der Waals surface area contributed by atoms with Crippen LogP contribution in [0.2, 0.25) is 0 Å². The summed E-state index contributed by atoms with van der Waals surface area (Å²) in [6.07, 6.45) is 72.5. The van der Waals surface area contributed by atoms with Crippen molar-refractivity contribution in [3.05, 3.63) is 12.2 Å². The van der Waals surface area contributed by atoms with Gasteiger partial charge in [-0.3, -0.25) is 9.59 Å². The van der Waals surface area contributed by atoms with E-state index in [1.54, 1.807) is 6.08 Å². The van der Waals surface area contributed by atoms with Crippen molar-refractivity contribution in [3.8, 4) is 0 Å². The summed E-state index contributed by atoms with van der Waals surface area (Å²) in [7, 11) is 0. The molecule has 0 aliphatic carbocycles. The Morgan fingerprint density at radius 1 is 0.386 bits per heavy atom. The monoisotopic (exact) mass is 988 g/mol. The summed E-state index contributed by atoms with van der Waals surface area (Å²) in [5, 5.41) is 23.2. The Kier molecular flexibility index (Phi) is 59.0. The minimum Gasteiger partial charge on any atom is -0.466 e. The molecule has 0 aliphatic heterocycles. The Bertz CT molecular complexity index is 1050. The van der Waals surface area contributed by atoms with E-state index >= 15 is 0 Å². The molecule has 0 bridgehead atoms. The third-order valence-electron chi connectivity index (χ3n) is 15.1. The smallest absolute Gasteiger partial charge is 0.305 e. The molecule has 6 nitrogen and oxygen atoms in total. The zero-order valence-corrected chi connectivity index (χ0v) is 47.5. The van der Waals surface area contributed by atoms with Crippen molar-refractivity contribution in [1.29, 1.82) is 0 Å². The Morgan fingerprint density at radius 2 is 0.657 bits per heavy atom. The van der Waals surface area contributed by atoms with Gasteiger partial charge in [0.25, 0.3) is 0 Å². The van der Waals surface area contributed by atoms with Crippen LogP contribution in [0.15, 0.2) is 12.2 Å². The average molecular weight is 989 g/mol. The van der Waals surface area contributed by atoms with Crippen LogP contribution in [0, 0.1) is 0 Å². The molecular formula is C64H125NO5. The van der Waals surface area contributed by atoms with Gasteiger partial charge in [0, 0.05) is 12.8 Å². The second-order valence-corrected chi connectivity index (χ2v) is 22.1. The van der Waals surface area contributed by atoms with E-state index in [4.69, 9.17) is 4.74 Å². The maximum Gasteiger partial charge on any atom is 0.305 e. The number of carbonyl (C=O) groups is 2. The maximum absolute atomic E-state index is 12.5. The maximum atomic E-state index is 12.5. The quantitative estimate of drug-likeness (QED) is 0.0321. The highest BCUT2D eigenvalue weighted by Crippen LogP contribution is 2.18. The van der Waals surface area contributed by atoms with Gasteiger partial charge in [-0.05, 0) is 32.1 Å². The number of nitrogens with one attached hydrogen (secondary N) is 1. The molecule has 0 heterocycles. The van der Waals surface area contributed by atoms with Crippen LogP contribution in [0.4, 0.5) is 0 Å². The molecule has 0 rings (SSSR count). The molecule has 0 fully saturated rings. The topological polar surface area (TPSA) is 95.9 Å². The predicted molar refractivity (Wildman–Crippen MR) is 306 cm³/mol. The molecule has 2 unspecified atom stereocenters. The second kappa shape index (κ2) is 60.2. The van der Waals surface area contributed by atoms with E-state index in [0.717, 1.165) is 38.5 Å². The van der Waals surface area contributed by atoms with Gasteiger partial charge in [0.1, 0.15) is 0 Å². The van der Waals surface area contributed by atoms with E-state index in [-0.39, 0.29) is 18.5 Å². The summed E-state index contributed by atoms with van der Waals surface area (Å²) in [5.74, 6) is -0.0550. The first kappa shape index (κ1) is 68.6. The van der Waals surface area contributed by atoms with E-state index in [1.807, 2.05) is 6.08 Å². The van der Waals surface area contributed by atoms with Crippen molar-refractivity contribution in [2.24, 2.45) is 0 Å². The van der Waals surface area contributed by atoms with Crippen LogP contribution in [-0.2, 0) is 14.3 Å². The SMILES string of the molecule is CCCCCCCCCCCCCCCCCCC/C=C/C(O)C(CO)NC(=O)CCCCCCCCCCCCCCCCCCCCCOC(=O)CCCCCCCCCCCCCCCCC. The molecule has 0 spiro atoms. The van der Waals surface area contributed by atoms with Gasteiger partial charge in [-0.15, -0.1) is 0 Å². The zero-order valence-electron chi connectivity index (χ0n) is 47.5. The number of unbranched alkanes of at least 4 members (excludes halogenated alkanes) is 49. The largest absolute Gasteiger partial charge is 0.466 e. The number of hydrogen-bond acceptors (Lipinski definition) is 5. The second-order valence-electron chi connectivity index (χ2n) is 22.1. The zero-order chi connectivity index (χ0) is 50.7. The fraction of sp³-hybridized carbons (Fsp3) is 0.938.